The number of aliphatic hydroxyl groups excluding tert-OH is 2. The maximum absolute atomic E-state index is 13.7. The molecule has 3 heterocycles. The number of alkyl halides is 5. The summed E-state index contributed by atoms with van der Waals surface area (Å²) in [5.74, 6) is -4.14. The number of pyridine rings is 1. The fourth-order valence-corrected chi connectivity index (χ4v) is 4.17. The van der Waals surface area contributed by atoms with Gasteiger partial charge in [0.15, 0.2) is 11.9 Å². The van der Waals surface area contributed by atoms with Gasteiger partial charge in [0.1, 0.15) is 28.7 Å². The van der Waals surface area contributed by atoms with Crippen molar-refractivity contribution in [2.45, 2.75) is 37.3 Å². The number of fused-ring (bicyclic) bond motifs is 1. The van der Waals surface area contributed by atoms with Gasteiger partial charge in [-0.1, -0.05) is 23.2 Å². The van der Waals surface area contributed by atoms with Crippen LogP contribution in [0.1, 0.15) is 26.8 Å². The predicted molar refractivity (Wildman–Crippen MR) is 116 cm³/mol. The number of anilines is 2. The summed E-state index contributed by atoms with van der Waals surface area (Å²) in [5.41, 5.74) is -3.15. The van der Waals surface area contributed by atoms with E-state index in [1.807, 2.05) is 0 Å². The zero-order valence-electron chi connectivity index (χ0n) is 19.6. The van der Waals surface area contributed by atoms with Crippen molar-refractivity contribution in [3.05, 3.63) is 45.6 Å². The van der Waals surface area contributed by atoms with Crippen LogP contribution in [-0.4, -0.2) is 58.4 Å². The molecule has 2 N–H and O–H groups in total. The van der Waals surface area contributed by atoms with Crippen LogP contribution in [0.4, 0.5) is 33.5 Å². The van der Waals surface area contributed by atoms with E-state index in [-0.39, 0.29) is 38.5 Å². The van der Waals surface area contributed by atoms with Crippen LogP contribution in [0.2, 0.25) is 10.0 Å². The molecule has 1 saturated heterocycles. The summed E-state index contributed by atoms with van der Waals surface area (Å²) >= 11 is 12.1. The van der Waals surface area contributed by atoms with Crippen molar-refractivity contribution in [3.8, 4) is 5.75 Å². The van der Waals surface area contributed by atoms with E-state index < -0.39 is 79.3 Å². The van der Waals surface area contributed by atoms with E-state index in [0.29, 0.717) is 0 Å². The minimum absolute atomic E-state index is 0.0641. The van der Waals surface area contributed by atoms with Crippen LogP contribution in [0.25, 0.3) is 0 Å². The lowest BCUT2D eigenvalue weighted by Gasteiger charge is -2.31. The highest BCUT2D eigenvalue weighted by Gasteiger charge is 2.53. The fraction of sp³-hybridized carbons (Fsp3) is 0.381. The average Bonchev–Trinajstić information content (AvgIpc) is 2.96. The summed E-state index contributed by atoms with van der Waals surface area (Å²) in [6.07, 6.45) is -13.7. The van der Waals surface area contributed by atoms with Crippen molar-refractivity contribution < 1.29 is 49.2 Å². The molecule has 194 valence electrons. The molecule has 0 unspecified atom stereocenters. The molecule has 2 aromatic rings. The van der Waals surface area contributed by atoms with Gasteiger partial charge in [0.25, 0.3) is 18.2 Å². The van der Waals surface area contributed by atoms with Crippen LogP contribution in [0, 0.1) is 0 Å². The Labute approximate surface area is 212 Å². The third-order valence-corrected chi connectivity index (χ3v) is 6.28. The molecule has 1 fully saturated rings. The first kappa shape index (κ1) is 23.6. The van der Waals surface area contributed by atoms with Crippen molar-refractivity contribution in [2.75, 3.05) is 22.9 Å². The quantitative estimate of drug-likeness (QED) is 0.559. The Bertz CT molecular complexity index is 1300. The highest BCUT2D eigenvalue weighted by molar-refractivity contribution is 6.43. The Kier molecular flexibility index (Phi) is 6.32. The number of aliphatic hydroxyl groups is 2. The highest BCUT2D eigenvalue weighted by atomic mass is 35.5. The molecule has 15 heteroatoms. The molecule has 2 aliphatic heterocycles. The SMILES string of the molecule is [2H]C1([2H])CCN(C(=O)[C@@H]2[C@H](O)[C@H](O)C(=O)N2c2cc(C(F)(F)F)cc(C(F)F)n2)c2ccc(Cl)c(Cl)c2O1. The first-order valence-electron chi connectivity index (χ1n) is 11.1. The van der Waals surface area contributed by atoms with Crippen LogP contribution < -0.4 is 14.5 Å². The maximum atomic E-state index is 13.7. The predicted octanol–water partition coefficient (Wildman–Crippen LogP) is 3.60. The van der Waals surface area contributed by atoms with Gasteiger partial charge in [-0.15, -0.1) is 0 Å². The van der Waals surface area contributed by atoms with Gasteiger partial charge in [-0.3, -0.25) is 14.5 Å². The number of halogens is 7. The number of aromatic nitrogens is 1. The molecule has 1 aromatic carbocycles. The highest BCUT2D eigenvalue weighted by Crippen LogP contribution is 2.43. The van der Waals surface area contributed by atoms with Gasteiger partial charge < -0.3 is 19.8 Å². The number of hydrogen-bond donors (Lipinski definition) is 2. The largest absolute Gasteiger partial charge is 0.490 e. The number of carbonyl (C=O) groups is 2. The van der Waals surface area contributed by atoms with Gasteiger partial charge in [-0.2, -0.15) is 13.2 Å². The number of amides is 2. The lowest BCUT2D eigenvalue weighted by atomic mass is 10.1. The molecular formula is C21H16Cl2F5N3O5. The normalized spacial score (nSPS) is 24.7. The third kappa shape index (κ3) is 4.56. The molecule has 8 nitrogen and oxygen atoms in total. The topological polar surface area (TPSA) is 103 Å². The minimum Gasteiger partial charge on any atom is -0.490 e. The van der Waals surface area contributed by atoms with Crippen molar-refractivity contribution in [1.29, 1.82) is 0 Å². The molecule has 0 aliphatic carbocycles. The lowest BCUT2D eigenvalue weighted by Crippen LogP contribution is -2.51. The summed E-state index contributed by atoms with van der Waals surface area (Å²) in [7, 11) is 0. The number of ether oxygens (including phenoxy) is 1. The van der Waals surface area contributed by atoms with Gasteiger partial charge in [0, 0.05) is 6.54 Å². The Morgan fingerprint density at radius 3 is 2.58 bits per heavy atom. The average molecular weight is 558 g/mol. The fourth-order valence-electron chi connectivity index (χ4n) is 3.82. The molecule has 0 radical (unpaired) electrons. The maximum Gasteiger partial charge on any atom is 0.416 e. The molecule has 2 amide bonds. The second-order valence-corrected chi connectivity index (χ2v) is 8.51. The molecule has 4 rings (SSSR count). The molecular weight excluding hydrogens is 540 g/mol. The van der Waals surface area contributed by atoms with Crippen molar-refractivity contribution in [3.63, 3.8) is 0 Å². The summed E-state index contributed by atoms with van der Waals surface area (Å²) in [6.45, 7) is -2.83. The van der Waals surface area contributed by atoms with Crippen molar-refractivity contribution in [1.82, 2.24) is 4.98 Å². The van der Waals surface area contributed by atoms with Crippen LogP contribution in [0.15, 0.2) is 24.3 Å². The molecule has 2 aliphatic rings. The van der Waals surface area contributed by atoms with E-state index in [9.17, 15) is 41.8 Å². The molecule has 1 aromatic heterocycles. The van der Waals surface area contributed by atoms with Gasteiger partial charge >= 0.3 is 6.18 Å². The van der Waals surface area contributed by atoms with Crippen LogP contribution >= 0.6 is 23.2 Å². The molecule has 0 saturated carbocycles. The number of hydrogen-bond acceptors (Lipinski definition) is 6. The number of nitrogens with zero attached hydrogens (tertiary/aromatic N) is 3. The van der Waals surface area contributed by atoms with Gasteiger partial charge in [0.2, 0.25) is 0 Å². The number of benzene rings is 1. The van der Waals surface area contributed by atoms with E-state index in [0.717, 1.165) is 4.90 Å². The summed E-state index contributed by atoms with van der Waals surface area (Å²) < 4.78 is 88.3. The number of rotatable bonds is 3. The summed E-state index contributed by atoms with van der Waals surface area (Å²) in [5, 5.41) is 20.4. The van der Waals surface area contributed by atoms with Crippen molar-refractivity contribution in [2.24, 2.45) is 0 Å². The van der Waals surface area contributed by atoms with Gasteiger partial charge in [0.05, 0.1) is 25.6 Å². The van der Waals surface area contributed by atoms with E-state index in [2.05, 4.69) is 4.98 Å². The Balaban J connectivity index is 1.85. The summed E-state index contributed by atoms with van der Waals surface area (Å²) in [4.78, 5) is 30.9. The molecule has 36 heavy (non-hydrogen) atoms. The first-order valence-corrected chi connectivity index (χ1v) is 10.8. The van der Waals surface area contributed by atoms with E-state index in [1.165, 1.54) is 12.1 Å². The van der Waals surface area contributed by atoms with Crippen LogP contribution in [0.5, 0.6) is 5.75 Å². The summed E-state index contributed by atoms with van der Waals surface area (Å²) in [6, 6.07) is 0.590. The van der Waals surface area contributed by atoms with Gasteiger partial charge in [-0.05, 0) is 30.7 Å². The van der Waals surface area contributed by atoms with Gasteiger partial charge in [-0.25, -0.2) is 13.8 Å². The Morgan fingerprint density at radius 1 is 1.25 bits per heavy atom. The second kappa shape index (κ2) is 9.61. The zero-order chi connectivity index (χ0) is 28.3. The van der Waals surface area contributed by atoms with E-state index in [4.69, 9.17) is 30.7 Å². The molecule has 0 bridgehead atoms. The zero-order valence-corrected chi connectivity index (χ0v) is 19.2. The smallest absolute Gasteiger partial charge is 0.416 e. The van der Waals surface area contributed by atoms with Crippen molar-refractivity contribution >= 4 is 46.5 Å². The number of carbonyl (C=O) groups excluding carboxylic acids is 2. The minimum atomic E-state index is -5.15. The second-order valence-electron chi connectivity index (χ2n) is 7.72. The van der Waals surface area contributed by atoms with Crippen LogP contribution in [-0.2, 0) is 15.8 Å². The van der Waals surface area contributed by atoms with E-state index >= 15 is 0 Å². The van der Waals surface area contributed by atoms with E-state index in [1.54, 1.807) is 0 Å². The van der Waals surface area contributed by atoms with Crippen LogP contribution in [0.3, 0.4) is 0 Å². The molecule has 3 atom stereocenters. The molecule has 0 spiro atoms. The third-order valence-electron chi connectivity index (χ3n) is 5.50. The standard InChI is InChI=1S/C21H16Cl2F5N3O5/c22-9-2-3-11-17(13(9)23)36-5-1-4-30(11)19(34)14-15(32)16(33)20(35)31(14)12-7-8(21(26,27)28)6-10(29-12)18(24)25/h2-3,6-7,14-16,18,32-33H,1,4-5H2/t14-,15-,16-/m0/s1/i5D2. The Morgan fingerprint density at radius 2 is 1.94 bits per heavy atom. The lowest BCUT2D eigenvalue weighted by molar-refractivity contribution is -0.137. The Hall–Kier alpha value is -2.74. The first-order chi connectivity index (χ1) is 17.5. The monoisotopic (exact) mass is 557 g/mol.